The number of aliphatic hydroxyl groups is 1. The molecule has 0 aliphatic carbocycles. The number of fused-ring (bicyclic) bond motifs is 1. The zero-order valence-electron chi connectivity index (χ0n) is 59.8. The predicted molar refractivity (Wildman–Crippen MR) is 380 cm³/mol. The van der Waals surface area contributed by atoms with Crippen molar-refractivity contribution in [3.63, 3.8) is 0 Å². The minimum Gasteiger partial charge on any atom is -0.394 e. The summed E-state index contributed by atoms with van der Waals surface area (Å²) in [5, 5.41) is 44.2. The quantitative estimate of drug-likeness (QED) is 0.0116. The Morgan fingerprint density at radius 2 is 0.873 bits per heavy atom. The fourth-order valence-corrected chi connectivity index (χ4v) is 12.3. The molecule has 0 bridgehead atoms. The number of urea groups is 1. The molecular weight excluding hydrogens is 1350 g/mol. The molecule has 2 heterocycles. The van der Waals surface area contributed by atoms with Crippen molar-refractivity contribution < 1.29 is 72.2 Å². The van der Waals surface area contributed by atoms with E-state index < -0.39 is 168 Å². The molecule has 0 aromatic heterocycles. The molecule has 3 unspecified atom stereocenters. The number of rotatable bonds is 48. The average molecular weight is 1470 g/mol. The lowest BCUT2D eigenvalue weighted by Gasteiger charge is -2.30. The Morgan fingerprint density at radius 1 is 0.471 bits per heavy atom. The van der Waals surface area contributed by atoms with Crippen LogP contribution in [0.5, 0.6) is 0 Å². The minimum absolute atomic E-state index is 0.00654. The van der Waals surface area contributed by atoms with Gasteiger partial charge in [-0.2, -0.15) is 11.8 Å². The topological polar surface area (TPSA) is 661 Å². The lowest BCUT2D eigenvalue weighted by molar-refractivity contribution is -0.137. The Hall–Kier alpha value is -9.50. The highest BCUT2D eigenvalue weighted by molar-refractivity contribution is 8.00. The molecule has 15 amide bonds. The average Bonchev–Trinajstić information content (AvgIpc) is 1.65. The fraction of sp³-hybridized carbons (Fsp3) is 0.726. The molecule has 0 radical (unpaired) electrons. The van der Waals surface area contributed by atoms with E-state index >= 15 is 0 Å². The van der Waals surface area contributed by atoms with Gasteiger partial charge in [0.2, 0.25) is 76.8 Å². The van der Waals surface area contributed by atoms with E-state index in [9.17, 15) is 72.2 Å². The largest absolute Gasteiger partial charge is 0.394 e. The summed E-state index contributed by atoms with van der Waals surface area (Å²) < 4.78 is 0. The van der Waals surface area contributed by atoms with Crippen molar-refractivity contribution in [3.8, 4) is 0 Å². The first-order valence-corrected chi connectivity index (χ1v) is 35.3. The third-order valence-electron chi connectivity index (χ3n) is 16.4. The van der Waals surface area contributed by atoms with Crippen LogP contribution >= 0.6 is 11.8 Å². The number of amides is 15. The second-order valence-corrected chi connectivity index (χ2v) is 27.4. The van der Waals surface area contributed by atoms with Crippen molar-refractivity contribution in [2.45, 2.75) is 236 Å². The number of primary amides is 2. The van der Waals surface area contributed by atoms with Crippen LogP contribution in [0.1, 0.15) is 152 Å². The molecule has 0 aromatic carbocycles. The number of unbranched alkanes of at least 4 members (excludes halogenated alkanes) is 1. The normalized spacial score (nSPS) is 17.7. The molecule has 14 atom stereocenters. The molecule has 40 heteroatoms. The number of nitrogens with two attached hydrogens (primary N) is 8. The van der Waals surface area contributed by atoms with Crippen molar-refractivity contribution in [1.82, 2.24) is 69.1 Å². The second kappa shape index (κ2) is 45.4. The maximum atomic E-state index is 14.3. The molecule has 2 rings (SSSR count). The molecule has 102 heavy (non-hydrogen) atoms. The summed E-state index contributed by atoms with van der Waals surface area (Å²) in [6.45, 7) is 13.3. The molecular formula is C62H112N24O15S. The van der Waals surface area contributed by atoms with Crippen molar-refractivity contribution in [2.24, 2.45) is 78.6 Å². The molecule has 2 fully saturated rings. The minimum atomic E-state index is -1.79. The van der Waals surface area contributed by atoms with Crippen LogP contribution in [0.4, 0.5) is 4.79 Å². The number of carbonyl (C=O) groups is 14. The van der Waals surface area contributed by atoms with Gasteiger partial charge >= 0.3 is 6.03 Å². The van der Waals surface area contributed by atoms with Crippen LogP contribution < -0.4 is 115 Å². The molecule has 2 saturated heterocycles. The Kier molecular flexibility index (Phi) is 39.4. The number of carbonyl (C=O) groups excluding carboxylic acids is 14. The van der Waals surface area contributed by atoms with Gasteiger partial charge in [-0.1, -0.05) is 61.8 Å². The summed E-state index contributed by atoms with van der Waals surface area (Å²) in [6.07, 6.45) is 1.73. The number of hydrogen-bond acceptors (Lipinski definition) is 19. The smallest absolute Gasteiger partial charge is 0.315 e. The predicted octanol–water partition coefficient (Wildman–Crippen LogP) is -7.24. The molecule has 576 valence electrons. The van der Waals surface area contributed by atoms with Crippen LogP contribution in [0.15, 0.2) is 15.0 Å². The monoisotopic (exact) mass is 1460 g/mol. The number of hydrogen-bond donors (Lipinski definition) is 22. The van der Waals surface area contributed by atoms with Gasteiger partial charge < -0.3 is 120 Å². The standard InChI is InChI=1S/C62H112N24O15S/c1-10-33(48(64)90)76-55(97)38(25-29(3)4)80-52(94)36(18-15-23-72-60(67)68)78-50(92)34(11-2)77-56(98)40(27-87)82-49(91)32(9)74-54(96)39(26-43(63)88)81-57(99)45(30(5)6)85-58(100)46(31(7)8)84-53(95)37(19-16-24-73-61(69)70)79-51(93)35(17-14-22-71-59(65)66)75-44(89)21-13-12-20-42-47-41(28-102-42)83-62(101)86-47/h29-42,45-47,87H,10-28H2,1-9H3,(H2,63,88)(H2,64,90)(H,74,96)(H,75,89)(H,76,97)(H,77,98)(H,78,92)(H,79,93)(H,80,94)(H,81,99)(H,82,91)(H,84,95)(H,85,100)(H4,65,66,71)(H4,67,68,72)(H4,69,70,73)(H2,83,86,101)/t32-,33-,34-,35-,36-,37-,38-,39-,40-,41?,42?,45-,46-,47?/m0/s1. The number of nitrogens with zero attached hydrogens (tertiary/aromatic N) is 3. The number of nitrogens with one attached hydrogen (secondary N) is 13. The van der Waals surface area contributed by atoms with E-state index in [4.69, 9.17) is 45.9 Å². The lowest BCUT2D eigenvalue weighted by atomic mass is 9.98. The van der Waals surface area contributed by atoms with Crippen LogP contribution in [0, 0.1) is 17.8 Å². The Balaban J connectivity index is 2.27. The SMILES string of the molecule is CC[C@H](NC(=O)[C@H](CC(C)C)NC(=O)[C@H](CCCN=C(N)N)NC(=O)[C@H](CC)NC(=O)[C@H](CO)NC(=O)[C@H](C)NC(=O)[C@H](CC(N)=O)NC(=O)[C@@H](NC(=O)[C@@H](NC(=O)[C@H](CCCN=C(N)N)NC(=O)[C@H](CCCN=C(N)N)NC(=O)CCCCC1SCC2NC(=O)NC21)C(C)C)C(C)C)C(N)=O. The maximum absolute atomic E-state index is 14.3. The molecule has 0 aromatic rings. The Labute approximate surface area is 598 Å². The van der Waals surface area contributed by atoms with Crippen molar-refractivity contribution in [3.05, 3.63) is 0 Å². The van der Waals surface area contributed by atoms with E-state index in [1.54, 1.807) is 60.2 Å². The van der Waals surface area contributed by atoms with Gasteiger partial charge in [-0.25, -0.2) is 4.79 Å². The zero-order valence-corrected chi connectivity index (χ0v) is 60.6. The van der Waals surface area contributed by atoms with E-state index in [2.05, 4.69) is 84.1 Å². The maximum Gasteiger partial charge on any atom is 0.315 e. The zero-order chi connectivity index (χ0) is 77.1. The molecule has 2 aliphatic heterocycles. The van der Waals surface area contributed by atoms with Gasteiger partial charge in [0.1, 0.15) is 66.5 Å². The highest BCUT2D eigenvalue weighted by Gasteiger charge is 2.43. The summed E-state index contributed by atoms with van der Waals surface area (Å²) in [7, 11) is 0. The summed E-state index contributed by atoms with van der Waals surface area (Å²) in [6, 6.07) is -15.6. The highest BCUT2D eigenvalue weighted by Crippen LogP contribution is 2.33. The van der Waals surface area contributed by atoms with Crippen LogP contribution in [-0.2, 0) is 62.3 Å². The van der Waals surface area contributed by atoms with Crippen LogP contribution in [0.3, 0.4) is 0 Å². The van der Waals surface area contributed by atoms with E-state index in [1.807, 2.05) is 0 Å². The van der Waals surface area contributed by atoms with Crippen LogP contribution in [-0.4, -0.2) is 222 Å². The first-order chi connectivity index (χ1) is 47.9. The molecule has 0 saturated carbocycles. The van der Waals surface area contributed by atoms with E-state index in [0.717, 1.165) is 19.1 Å². The number of guanidine groups is 3. The molecule has 30 N–H and O–H groups in total. The van der Waals surface area contributed by atoms with E-state index in [-0.39, 0.29) is 131 Å². The van der Waals surface area contributed by atoms with Crippen molar-refractivity contribution in [2.75, 3.05) is 32.0 Å². The molecule has 0 spiro atoms. The number of aliphatic imine (C=N–C) groups is 3. The summed E-state index contributed by atoms with van der Waals surface area (Å²) in [5.74, 6) is -13.0. The number of thioether (sulfide) groups is 1. The van der Waals surface area contributed by atoms with Gasteiger partial charge in [-0.3, -0.25) is 77.3 Å². The highest BCUT2D eigenvalue weighted by atomic mass is 32.2. The summed E-state index contributed by atoms with van der Waals surface area (Å²) in [5.41, 5.74) is 44.0. The van der Waals surface area contributed by atoms with E-state index in [0.29, 0.717) is 12.8 Å². The molecule has 2 aliphatic rings. The van der Waals surface area contributed by atoms with Crippen LogP contribution in [0.2, 0.25) is 0 Å². The first kappa shape index (κ1) is 88.6. The molecule has 39 nitrogen and oxygen atoms in total. The van der Waals surface area contributed by atoms with Crippen LogP contribution in [0.25, 0.3) is 0 Å². The summed E-state index contributed by atoms with van der Waals surface area (Å²) >= 11 is 1.74. The van der Waals surface area contributed by atoms with Crippen molar-refractivity contribution in [1.29, 1.82) is 0 Å². The summed E-state index contributed by atoms with van der Waals surface area (Å²) in [4.78, 5) is 201. The fourth-order valence-electron chi connectivity index (χ4n) is 10.8. The number of aliphatic hydroxyl groups excluding tert-OH is 1. The van der Waals surface area contributed by atoms with Gasteiger partial charge in [0.25, 0.3) is 0 Å². The van der Waals surface area contributed by atoms with Gasteiger partial charge in [0, 0.05) is 37.1 Å². The Bertz CT molecular complexity index is 2960. The van der Waals surface area contributed by atoms with Gasteiger partial charge in [-0.15, -0.1) is 0 Å². The van der Waals surface area contributed by atoms with E-state index in [1.165, 1.54) is 6.92 Å². The van der Waals surface area contributed by atoms with Gasteiger partial charge in [0.15, 0.2) is 17.9 Å². The first-order valence-electron chi connectivity index (χ1n) is 34.3. The van der Waals surface area contributed by atoms with Crippen molar-refractivity contribution >= 4 is 112 Å². The lowest BCUT2D eigenvalue weighted by Crippen LogP contribution is -2.62. The third kappa shape index (κ3) is 32.4. The van der Waals surface area contributed by atoms with Gasteiger partial charge in [-0.05, 0) is 95.3 Å². The van der Waals surface area contributed by atoms with Gasteiger partial charge in [0.05, 0.1) is 25.1 Å². The second-order valence-electron chi connectivity index (χ2n) is 26.2. The third-order valence-corrected chi connectivity index (χ3v) is 17.9. The Morgan fingerprint density at radius 3 is 1.33 bits per heavy atom.